The molecule has 0 heterocycles. The number of amides is 1. The van der Waals surface area contributed by atoms with Crippen LogP contribution in [-0.2, 0) is 6.61 Å². The van der Waals surface area contributed by atoms with Gasteiger partial charge in [-0.1, -0.05) is 36.4 Å². The molecule has 0 atom stereocenters. The Bertz CT molecular complexity index is 1230. The van der Waals surface area contributed by atoms with Gasteiger partial charge in [-0.3, -0.25) is 4.79 Å². The summed E-state index contributed by atoms with van der Waals surface area (Å²) in [5, 5.41) is 4.32. The molecule has 7 nitrogen and oxygen atoms in total. The lowest BCUT2D eigenvalue weighted by Gasteiger charge is -2.14. The predicted octanol–water partition coefficient (Wildman–Crippen LogP) is 5.79. The summed E-state index contributed by atoms with van der Waals surface area (Å²) in [5.41, 5.74) is 4.18. The minimum absolute atomic E-state index is 0.185. The van der Waals surface area contributed by atoms with Crippen LogP contribution < -0.4 is 24.4 Å². The molecule has 3 aromatic rings. The summed E-state index contributed by atoms with van der Waals surface area (Å²) in [6.45, 7) is 6.32. The van der Waals surface area contributed by atoms with E-state index in [1.54, 1.807) is 48.5 Å². The van der Waals surface area contributed by atoms with Gasteiger partial charge in [0.15, 0.2) is 23.0 Å². The average Bonchev–Trinajstić information content (AvgIpc) is 2.88. The lowest BCUT2D eigenvalue weighted by molar-refractivity contribution is 0.0954. The Hall–Kier alpha value is -4.04. The van der Waals surface area contributed by atoms with Gasteiger partial charge in [-0.15, -0.1) is 0 Å². The van der Waals surface area contributed by atoms with E-state index in [9.17, 15) is 9.18 Å². The highest BCUT2D eigenvalue weighted by molar-refractivity contribution is 6.32. The standard InChI is InChI=1S/C27H26ClFN2O5/c1-4-12-35-23-11-8-20(15-24(23)33-3)27(32)31-30-16-19-13-22(28)26(25(14-19)34-5-2)36-17-18-6-9-21(29)10-7-18/h4,6-11,13-16H,1,5,12,17H2,2-3H3,(H,31,32)/b30-16+. The first-order valence-electron chi connectivity index (χ1n) is 11.0. The van der Waals surface area contributed by atoms with Crippen LogP contribution in [0.5, 0.6) is 23.0 Å². The van der Waals surface area contributed by atoms with Crippen molar-refractivity contribution in [2.45, 2.75) is 13.5 Å². The van der Waals surface area contributed by atoms with Crippen LogP contribution in [0.25, 0.3) is 0 Å². The van der Waals surface area contributed by atoms with E-state index in [-0.39, 0.29) is 12.4 Å². The van der Waals surface area contributed by atoms with Gasteiger partial charge in [0.2, 0.25) is 0 Å². The third kappa shape index (κ3) is 7.23. The summed E-state index contributed by atoms with van der Waals surface area (Å²) in [7, 11) is 1.49. The Balaban J connectivity index is 1.70. The highest BCUT2D eigenvalue weighted by atomic mass is 35.5. The van der Waals surface area contributed by atoms with E-state index in [0.29, 0.717) is 52.4 Å². The maximum Gasteiger partial charge on any atom is 0.271 e. The van der Waals surface area contributed by atoms with Crippen molar-refractivity contribution in [3.63, 3.8) is 0 Å². The van der Waals surface area contributed by atoms with E-state index in [0.717, 1.165) is 5.56 Å². The second-order valence-electron chi connectivity index (χ2n) is 7.34. The van der Waals surface area contributed by atoms with Crippen LogP contribution in [0.4, 0.5) is 4.39 Å². The van der Waals surface area contributed by atoms with E-state index in [2.05, 4.69) is 17.1 Å². The SMILES string of the molecule is C=CCOc1ccc(C(=O)N/N=C/c2cc(Cl)c(OCc3ccc(F)cc3)c(OCC)c2)cc1OC. The van der Waals surface area contributed by atoms with E-state index in [1.165, 1.54) is 25.5 Å². The normalized spacial score (nSPS) is 10.7. The number of carbonyl (C=O) groups is 1. The second kappa shape index (κ2) is 13.2. The molecule has 0 aliphatic carbocycles. The fraction of sp³-hybridized carbons (Fsp3) is 0.185. The van der Waals surface area contributed by atoms with Gasteiger partial charge in [-0.2, -0.15) is 5.10 Å². The van der Waals surface area contributed by atoms with Gasteiger partial charge in [0.05, 0.1) is 25.0 Å². The van der Waals surface area contributed by atoms with Gasteiger partial charge in [-0.25, -0.2) is 9.82 Å². The summed E-state index contributed by atoms with van der Waals surface area (Å²) in [4.78, 5) is 12.5. The molecule has 0 aromatic heterocycles. The molecule has 3 aromatic carbocycles. The van der Waals surface area contributed by atoms with Crippen LogP contribution >= 0.6 is 11.6 Å². The number of nitrogens with one attached hydrogen (secondary N) is 1. The van der Waals surface area contributed by atoms with E-state index in [1.807, 2.05) is 6.92 Å². The molecule has 0 aliphatic rings. The Kier molecular flexibility index (Phi) is 9.71. The van der Waals surface area contributed by atoms with E-state index >= 15 is 0 Å². The highest BCUT2D eigenvalue weighted by Crippen LogP contribution is 2.37. The zero-order valence-electron chi connectivity index (χ0n) is 19.9. The molecular weight excluding hydrogens is 487 g/mol. The van der Waals surface area contributed by atoms with Crippen molar-refractivity contribution < 1.29 is 28.1 Å². The van der Waals surface area contributed by atoms with Crippen molar-refractivity contribution in [2.24, 2.45) is 5.10 Å². The van der Waals surface area contributed by atoms with E-state index < -0.39 is 5.91 Å². The number of halogens is 2. The zero-order valence-corrected chi connectivity index (χ0v) is 20.7. The maximum atomic E-state index is 13.1. The minimum Gasteiger partial charge on any atom is -0.493 e. The number of hydrazone groups is 1. The summed E-state index contributed by atoms with van der Waals surface area (Å²) in [6, 6.07) is 14.1. The van der Waals surface area contributed by atoms with Crippen LogP contribution in [0.1, 0.15) is 28.4 Å². The number of nitrogens with zero attached hydrogens (tertiary/aromatic N) is 1. The van der Waals surface area contributed by atoms with Crippen LogP contribution in [-0.4, -0.2) is 32.4 Å². The molecule has 1 amide bonds. The van der Waals surface area contributed by atoms with Crippen molar-refractivity contribution in [1.29, 1.82) is 0 Å². The first-order valence-corrected chi connectivity index (χ1v) is 11.4. The lowest BCUT2D eigenvalue weighted by atomic mass is 10.2. The third-order valence-corrected chi connectivity index (χ3v) is 5.07. The molecule has 0 saturated heterocycles. The number of carbonyl (C=O) groups excluding carboxylic acids is 1. The Labute approximate surface area is 214 Å². The highest BCUT2D eigenvalue weighted by Gasteiger charge is 2.14. The van der Waals surface area contributed by atoms with Crippen molar-refractivity contribution in [1.82, 2.24) is 5.43 Å². The lowest BCUT2D eigenvalue weighted by Crippen LogP contribution is -2.17. The largest absolute Gasteiger partial charge is 0.493 e. The van der Waals surface area contributed by atoms with Crippen LogP contribution in [0.2, 0.25) is 5.02 Å². The molecule has 0 bridgehead atoms. The number of hydrogen-bond donors (Lipinski definition) is 1. The Morgan fingerprint density at radius 3 is 2.53 bits per heavy atom. The van der Waals surface area contributed by atoms with Crippen molar-refractivity contribution >= 4 is 23.7 Å². The Morgan fingerprint density at radius 1 is 1.06 bits per heavy atom. The van der Waals surface area contributed by atoms with Gasteiger partial charge >= 0.3 is 0 Å². The molecule has 188 valence electrons. The average molecular weight is 513 g/mol. The molecule has 0 spiro atoms. The predicted molar refractivity (Wildman–Crippen MR) is 137 cm³/mol. The molecule has 0 unspecified atom stereocenters. The van der Waals surface area contributed by atoms with Gasteiger partial charge in [0.25, 0.3) is 5.91 Å². The second-order valence-corrected chi connectivity index (χ2v) is 7.75. The van der Waals surface area contributed by atoms with Crippen molar-refractivity contribution in [3.8, 4) is 23.0 Å². The topological polar surface area (TPSA) is 78.4 Å². The molecule has 0 saturated carbocycles. The maximum absolute atomic E-state index is 13.1. The number of benzene rings is 3. The minimum atomic E-state index is -0.435. The monoisotopic (exact) mass is 512 g/mol. The molecule has 3 rings (SSSR count). The van der Waals surface area contributed by atoms with Crippen molar-refractivity contribution in [3.05, 3.63) is 94.8 Å². The molecule has 0 fully saturated rings. The fourth-order valence-corrected chi connectivity index (χ4v) is 3.38. The number of methoxy groups -OCH3 is 1. The first-order chi connectivity index (χ1) is 17.4. The number of rotatable bonds is 12. The Morgan fingerprint density at radius 2 is 1.83 bits per heavy atom. The third-order valence-electron chi connectivity index (χ3n) is 4.79. The first kappa shape index (κ1) is 26.6. The van der Waals surface area contributed by atoms with E-state index in [4.69, 9.17) is 30.5 Å². The van der Waals surface area contributed by atoms with Gasteiger partial charge < -0.3 is 18.9 Å². The van der Waals surface area contributed by atoms with Crippen LogP contribution in [0.15, 0.2) is 72.4 Å². The molecule has 36 heavy (non-hydrogen) atoms. The van der Waals surface area contributed by atoms with Crippen molar-refractivity contribution in [2.75, 3.05) is 20.3 Å². The molecular formula is C27H26ClFN2O5. The summed E-state index contributed by atoms with van der Waals surface area (Å²) in [5.74, 6) is 0.927. The molecule has 1 N–H and O–H groups in total. The molecule has 9 heteroatoms. The fourth-order valence-electron chi connectivity index (χ4n) is 3.11. The number of hydrogen-bond acceptors (Lipinski definition) is 6. The summed E-state index contributed by atoms with van der Waals surface area (Å²) < 4.78 is 35.4. The smallest absolute Gasteiger partial charge is 0.271 e. The van der Waals surface area contributed by atoms with Crippen LogP contribution in [0.3, 0.4) is 0 Å². The molecule has 0 aliphatic heterocycles. The quantitative estimate of drug-likeness (QED) is 0.189. The van der Waals surface area contributed by atoms with Crippen LogP contribution in [0, 0.1) is 5.82 Å². The zero-order chi connectivity index (χ0) is 25.9. The molecule has 0 radical (unpaired) electrons. The summed E-state index contributed by atoms with van der Waals surface area (Å²) >= 11 is 6.44. The number of ether oxygens (including phenoxy) is 4. The van der Waals surface area contributed by atoms with Gasteiger partial charge in [0, 0.05) is 5.56 Å². The van der Waals surface area contributed by atoms with Gasteiger partial charge in [0.1, 0.15) is 19.0 Å². The summed E-state index contributed by atoms with van der Waals surface area (Å²) in [6.07, 6.45) is 3.05. The van der Waals surface area contributed by atoms with Gasteiger partial charge in [-0.05, 0) is 60.5 Å².